The average Bonchev–Trinajstić information content (AvgIpc) is 2.88. The predicted molar refractivity (Wildman–Crippen MR) is 89.7 cm³/mol. The molecule has 3 rings (SSSR count). The minimum absolute atomic E-state index is 0.0611. The van der Waals surface area contributed by atoms with Crippen molar-refractivity contribution in [3.05, 3.63) is 59.5 Å². The van der Waals surface area contributed by atoms with Gasteiger partial charge in [-0.2, -0.15) is 0 Å². The maximum atomic E-state index is 13.2. The average molecular weight is 328 g/mol. The number of hydrogen-bond acceptors (Lipinski definition) is 3. The monoisotopic (exact) mass is 328 g/mol. The highest BCUT2D eigenvalue weighted by atomic mass is 19.1. The Morgan fingerprint density at radius 2 is 2.04 bits per heavy atom. The number of halogens is 1. The molecule has 0 aliphatic carbocycles. The molecule has 24 heavy (non-hydrogen) atoms. The Balaban J connectivity index is 1.82. The molecule has 2 aromatic rings. The molecule has 1 fully saturated rings. The van der Waals surface area contributed by atoms with Crippen LogP contribution in [-0.4, -0.2) is 36.0 Å². The van der Waals surface area contributed by atoms with E-state index in [9.17, 15) is 9.18 Å². The summed E-state index contributed by atoms with van der Waals surface area (Å²) in [6, 6.07) is 10.1. The van der Waals surface area contributed by atoms with Gasteiger partial charge in [0.1, 0.15) is 11.4 Å². The zero-order valence-corrected chi connectivity index (χ0v) is 13.7. The molecule has 1 aliphatic heterocycles. The highest BCUT2D eigenvalue weighted by Gasteiger charge is 2.26. The van der Waals surface area contributed by atoms with E-state index in [4.69, 9.17) is 4.74 Å². The first kappa shape index (κ1) is 16.4. The second-order valence-corrected chi connectivity index (χ2v) is 6.06. The van der Waals surface area contributed by atoms with Gasteiger partial charge in [-0.05, 0) is 42.7 Å². The van der Waals surface area contributed by atoms with Gasteiger partial charge in [0.25, 0.3) is 5.91 Å². The van der Waals surface area contributed by atoms with Crippen molar-refractivity contribution >= 4 is 5.91 Å². The molecule has 1 amide bonds. The number of nitrogens with zero attached hydrogens (tertiary/aromatic N) is 2. The number of carbonyl (C=O) groups excluding carboxylic acids is 1. The summed E-state index contributed by atoms with van der Waals surface area (Å²) in [5.41, 5.74) is 1.56. The molecule has 0 radical (unpaired) electrons. The molecular weight excluding hydrogens is 307 g/mol. The fourth-order valence-electron chi connectivity index (χ4n) is 3.22. The van der Waals surface area contributed by atoms with Gasteiger partial charge in [-0.25, -0.2) is 9.37 Å². The number of carbonyl (C=O) groups is 1. The van der Waals surface area contributed by atoms with Crippen LogP contribution in [0.4, 0.5) is 4.39 Å². The largest absolute Gasteiger partial charge is 0.480 e. The van der Waals surface area contributed by atoms with E-state index >= 15 is 0 Å². The van der Waals surface area contributed by atoms with E-state index in [1.54, 1.807) is 18.3 Å². The highest BCUT2D eigenvalue weighted by Crippen LogP contribution is 2.28. The van der Waals surface area contributed by atoms with Crippen LogP contribution in [0.1, 0.15) is 41.1 Å². The molecule has 0 bridgehead atoms. The number of pyridine rings is 1. The minimum Gasteiger partial charge on any atom is -0.480 e. The Labute approximate surface area is 141 Å². The standard InChI is InChI=1S/C19H21FN2O2/c1-24-18-17(6-4-11-21-18)19(23)22-12-3-2-5-15(13-22)14-7-9-16(20)10-8-14/h4,6-11,15H,2-3,5,12-13H2,1H3. The fourth-order valence-corrected chi connectivity index (χ4v) is 3.22. The molecule has 4 nitrogen and oxygen atoms in total. The van der Waals surface area contributed by atoms with Crippen molar-refractivity contribution in [3.8, 4) is 5.88 Å². The molecule has 0 N–H and O–H groups in total. The number of likely N-dealkylation sites (tertiary alicyclic amines) is 1. The van der Waals surface area contributed by atoms with E-state index in [1.807, 2.05) is 17.0 Å². The zero-order chi connectivity index (χ0) is 16.9. The first-order chi connectivity index (χ1) is 11.7. The fraction of sp³-hybridized carbons (Fsp3) is 0.368. The summed E-state index contributed by atoms with van der Waals surface area (Å²) >= 11 is 0. The van der Waals surface area contributed by atoms with E-state index in [0.29, 0.717) is 24.5 Å². The molecule has 1 unspecified atom stereocenters. The number of aromatic nitrogens is 1. The number of methoxy groups -OCH3 is 1. The molecule has 1 aromatic heterocycles. The van der Waals surface area contributed by atoms with E-state index in [1.165, 1.54) is 19.2 Å². The quantitative estimate of drug-likeness (QED) is 0.864. The summed E-state index contributed by atoms with van der Waals surface area (Å²) in [4.78, 5) is 18.9. The van der Waals surface area contributed by atoms with E-state index in [2.05, 4.69) is 4.98 Å². The normalized spacial score (nSPS) is 18.1. The number of rotatable bonds is 3. The lowest BCUT2D eigenvalue weighted by Gasteiger charge is -2.25. The molecule has 1 aromatic carbocycles. The van der Waals surface area contributed by atoms with Crippen LogP contribution in [0.3, 0.4) is 0 Å². The molecule has 5 heteroatoms. The predicted octanol–water partition coefficient (Wildman–Crippen LogP) is 3.64. The molecule has 126 valence electrons. The molecular formula is C19H21FN2O2. The summed E-state index contributed by atoms with van der Waals surface area (Å²) in [7, 11) is 1.52. The van der Waals surface area contributed by atoms with Crippen molar-refractivity contribution in [2.24, 2.45) is 0 Å². The molecule has 1 saturated heterocycles. The smallest absolute Gasteiger partial charge is 0.259 e. The van der Waals surface area contributed by atoms with Crippen molar-refractivity contribution < 1.29 is 13.9 Å². The van der Waals surface area contributed by atoms with Crippen molar-refractivity contribution in [1.82, 2.24) is 9.88 Å². The van der Waals surface area contributed by atoms with E-state index in [-0.39, 0.29) is 17.6 Å². The minimum atomic E-state index is -0.236. The number of ether oxygens (including phenoxy) is 1. The number of benzene rings is 1. The van der Waals surface area contributed by atoms with E-state index in [0.717, 1.165) is 24.8 Å². The van der Waals surface area contributed by atoms with Gasteiger partial charge in [-0.1, -0.05) is 18.6 Å². The highest BCUT2D eigenvalue weighted by molar-refractivity contribution is 5.96. The third kappa shape index (κ3) is 3.55. The van der Waals surface area contributed by atoms with Crippen LogP contribution >= 0.6 is 0 Å². The SMILES string of the molecule is COc1ncccc1C(=O)N1CCCCC(c2ccc(F)cc2)C1. The van der Waals surface area contributed by atoms with Crippen molar-refractivity contribution in [3.63, 3.8) is 0 Å². The second kappa shape index (κ2) is 7.43. The number of hydrogen-bond donors (Lipinski definition) is 0. The Bertz CT molecular complexity index is 703. The van der Waals surface area contributed by atoms with Crippen LogP contribution in [0.5, 0.6) is 5.88 Å². The Morgan fingerprint density at radius 1 is 1.25 bits per heavy atom. The molecule has 1 atom stereocenters. The zero-order valence-electron chi connectivity index (χ0n) is 13.7. The van der Waals surface area contributed by atoms with Gasteiger partial charge in [-0.15, -0.1) is 0 Å². The topological polar surface area (TPSA) is 42.4 Å². The lowest BCUT2D eigenvalue weighted by molar-refractivity contribution is 0.0750. The summed E-state index contributed by atoms with van der Waals surface area (Å²) in [5.74, 6) is 0.277. The number of amides is 1. The Hall–Kier alpha value is -2.43. The molecule has 0 spiro atoms. The first-order valence-corrected chi connectivity index (χ1v) is 8.23. The summed E-state index contributed by atoms with van der Waals surface area (Å²) in [6.45, 7) is 1.34. The lowest BCUT2D eigenvalue weighted by atomic mass is 9.94. The van der Waals surface area contributed by atoms with Gasteiger partial charge in [0.05, 0.1) is 7.11 Å². The summed E-state index contributed by atoms with van der Waals surface area (Å²) in [5, 5.41) is 0. The van der Waals surface area contributed by atoms with Crippen LogP contribution in [0.2, 0.25) is 0 Å². The third-order valence-electron chi connectivity index (χ3n) is 4.49. The molecule has 1 aliphatic rings. The van der Waals surface area contributed by atoms with Gasteiger partial charge in [0.15, 0.2) is 0 Å². The Morgan fingerprint density at radius 3 is 2.79 bits per heavy atom. The second-order valence-electron chi connectivity index (χ2n) is 6.06. The molecule has 0 saturated carbocycles. The van der Waals surface area contributed by atoms with Gasteiger partial charge < -0.3 is 9.64 Å². The molecule has 2 heterocycles. The maximum absolute atomic E-state index is 13.2. The van der Waals surface area contributed by atoms with Gasteiger partial charge >= 0.3 is 0 Å². The maximum Gasteiger partial charge on any atom is 0.259 e. The lowest BCUT2D eigenvalue weighted by Crippen LogP contribution is -2.34. The van der Waals surface area contributed by atoms with Crippen LogP contribution in [0.15, 0.2) is 42.6 Å². The van der Waals surface area contributed by atoms with Gasteiger partial charge in [0.2, 0.25) is 5.88 Å². The van der Waals surface area contributed by atoms with Crippen molar-refractivity contribution in [2.45, 2.75) is 25.2 Å². The summed E-state index contributed by atoms with van der Waals surface area (Å²) < 4.78 is 18.4. The van der Waals surface area contributed by atoms with Crippen molar-refractivity contribution in [1.29, 1.82) is 0 Å². The Kier molecular flexibility index (Phi) is 5.08. The van der Waals surface area contributed by atoms with Gasteiger partial charge in [0, 0.05) is 25.2 Å². The van der Waals surface area contributed by atoms with Gasteiger partial charge in [-0.3, -0.25) is 4.79 Å². The first-order valence-electron chi connectivity index (χ1n) is 8.23. The van der Waals surface area contributed by atoms with Crippen LogP contribution in [0.25, 0.3) is 0 Å². The van der Waals surface area contributed by atoms with E-state index < -0.39 is 0 Å². The van der Waals surface area contributed by atoms with Crippen molar-refractivity contribution in [2.75, 3.05) is 20.2 Å². The summed E-state index contributed by atoms with van der Waals surface area (Å²) in [6.07, 6.45) is 4.63. The third-order valence-corrected chi connectivity index (χ3v) is 4.49. The van der Waals surface area contributed by atoms with Crippen LogP contribution < -0.4 is 4.74 Å². The van der Waals surface area contributed by atoms with Crippen LogP contribution in [0, 0.1) is 5.82 Å². The van der Waals surface area contributed by atoms with Crippen LogP contribution in [-0.2, 0) is 0 Å².